The minimum Gasteiger partial charge on any atom is -0.388 e. The molecule has 3 rings (SSSR count). The van der Waals surface area contributed by atoms with Crippen LogP contribution < -0.4 is 5.32 Å². The first-order chi connectivity index (χ1) is 11.3. The number of nitrogens with one attached hydrogen (secondary N) is 1. The van der Waals surface area contributed by atoms with Crippen LogP contribution in [0.4, 0.5) is 5.82 Å². The van der Waals surface area contributed by atoms with E-state index in [1.165, 1.54) is 19.3 Å². The summed E-state index contributed by atoms with van der Waals surface area (Å²) in [5.41, 5.74) is -0.0973. The molecule has 2 aromatic rings. The molecule has 0 spiro atoms. The third-order valence-electron chi connectivity index (χ3n) is 5.05. The van der Waals surface area contributed by atoms with Gasteiger partial charge in [0.15, 0.2) is 11.5 Å². The minimum absolute atomic E-state index is 0.126. The maximum absolute atomic E-state index is 10.8. The summed E-state index contributed by atoms with van der Waals surface area (Å²) in [5.74, 6) is 1.94. The average molecular weight is 331 g/mol. The number of fused-ring (bicyclic) bond motifs is 1. The Hall–Kier alpha value is -1.69. The first-order valence-electron chi connectivity index (χ1n) is 8.96. The summed E-state index contributed by atoms with van der Waals surface area (Å²) in [6.07, 6.45) is 5.96. The van der Waals surface area contributed by atoms with E-state index in [4.69, 9.17) is 0 Å². The summed E-state index contributed by atoms with van der Waals surface area (Å²) in [6.45, 7) is 8.73. The van der Waals surface area contributed by atoms with Crippen LogP contribution in [0.3, 0.4) is 0 Å². The number of hydrogen-bond donors (Lipinski definition) is 2. The molecule has 1 aliphatic rings. The summed E-state index contributed by atoms with van der Waals surface area (Å²) < 4.78 is 1.79. The van der Waals surface area contributed by atoms with Gasteiger partial charge in [-0.2, -0.15) is 4.52 Å². The van der Waals surface area contributed by atoms with Crippen LogP contribution in [0.15, 0.2) is 12.1 Å². The average Bonchev–Trinajstić information content (AvgIpc) is 2.97. The molecule has 1 saturated carbocycles. The highest BCUT2D eigenvalue weighted by molar-refractivity contribution is 5.44. The highest BCUT2D eigenvalue weighted by atomic mass is 16.3. The van der Waals surface area contributed by atoms with E-state index in [-0.39, 0.29) is 5.41 Å². The molecule has 132 valence electrons. The van der Waals surface area contributed by atoms with Crippen LogP contribution in [-0.2, 0) is 5.41 Å². The largest absolute Gasteiger partial charge is 0.388 e. The van der Waals surface area contributed by atoms with Crippen molar-refractivity contribution in [3.05, 3.63) is 18.0 Å². The van der Waals surface area contributed by atoms with E-state index in [2.05, 4.69) is 41.4 Å². The molecule has 1 aliphatic carbocycles. The lowest BCUT2D eigenvalue weighted by Gasteiger charge is -2.35. The second-order valence-electron chi connectivity index (χ2n) is 8.31. The van der Waals surface area contributed by atoms with Crippen LogP contribution in [0.25, 0.3) is 5.65 Å². The third kappa shape index (κ3) is 3.53. The molecule has 0 amide bonds. The van der Waals surface area contributed by atoms with Gasteiger partial charge in [0.25, 0.3) is 0 Å². The minimum atomic E-state index is -0.711. The molecule has 0 radical (unpaired) electrons. The maximum atomic E-state index is 10.8. The maximum Gasteiger partial charge on any atom is 0.178 e. The predicted octanol–water partition coefficient (Wildman–Crippen LogP) is 3.17. The SMILES string of the molecule is CC(C)(C)c1nnc2ccc(NCC(C)(O)C3CCCCC3)nn12. The Bertz CT molecular complexity index is 695. The fourth-order valence-corrected chi connectivity index (χ4v) is 3.49. The van der Waals surface area contributed by atoms with Crippen molar-refractivity contribution in [1.29, 1.82) is 0 Å². The summed E-state index contributed by atoms with van der Waals surface area (Å²) in [7, 11) is 0. The van der Waals surface area contributed by atoms with Gasteiger partial charge in [0, 0.05) is 12.0 Å². The Kier molecular flexibility index (Phi) is 4.51. The number of aromatic nitrogens is 4. The van der Waals surface area contributed by atoms with Crippen LogP contribution >= 0.6 is 0 Å². The van der Waals surface area contributed by atoms with E-state index in [0.717, 1.165) is 30.1 Å². The molecule has 2 heterocycles. The van der Waals surface area contributed by atoms with E-state index in [1.54, 1.807) is 4.52 Å². The zero-order chi connectivity index (χ0) is 17.4. The fourth-order valence-electron chi connectivity index (χ4n) is 3.49. The summed E-state index contributed by atoms with van der Waals surface area (Å²) >= 11 is 0. The first kappa shape index (κ1) is 17.1. The van der Waals surface area contributed by atoms with Crippen molar-refractivity contribution in [3.63, 3.8) is 0 Å². The normalized spacial score (nSPS) is 19.4. The Morgan fingerprint density at radius 1 is 1.12 bits per heavy atom. The van der Waals surface area contributed by atoms with Crippen LogP contribution in [0.5, 0.6) is 0 Å². The zero-order valence-electron chi connectivity index (χ0n) is 15.2. The summed E-state index contributed by atoms with van der Waals surface area (Å²) in [6, 6.07) is 3.81. The molecule has 0 bridgehead atoms. The number of rotatable bonds is 4. The van der Waals surface area contributed by atoms with Gasteiger partial charge < -0.3 is 10.4 Å². The fraction of sp³-hybridized carbons (Fsp3) is 0.722. The standard InChI is InChI=1S/C18H29N5O/c1-17(2,3)16-21-20-15-11-10-14(22-23(15)16)19-12-18(4,24)13-8-6-5-7-9-13/h10-11,13,24H,5-9,12H2,1-4H3,(H,19,22). The number of nitrogens with zero attached hydrogens (tertiary/aromatic N) is 4. The Labute approximate surface area is 143 Å². The molecular weight excluding hydrogens is 302 g/mol. The van der Waals surface area contributed by atoms with Gasteiger partial charge in [-0.15, -0.1) is 15.3 Å². The van der Waals surface area contributed by atoms with Crippen LogP contribution in [0.1, 0.15) is 65.6 Å². The molecule has 1 unspecified atom stereocenters. The Morgan fingerprint density at radius 2 is 1.83 bits per heavy atom. The van der Waals surface area contributed by atoms with E-state index in [1.807, 2.05) is 19.1 Å². The lowest BCUT2D eigenvalue weighted by Crippen LogP contribution is -2.42. The molecule has 24 heavy (non-hydrogen) atoms. The summed E-state index contributed by atoms with van der Waals surface area (Å²) in [5, 5.41) is 27.2. The van der Waals surface area contributed by atoms with Crippen molar-refractivity contribution in [2.24, 2.45) is 5.92 Å². The Morgan fingerprint density at radius 3 is 2.50 bits per heavy atom. The first-order valence-corrected chi connectivity index (χ1v) is 8.96. The van der Waals surface area contributed by atoms with Gasteiger partial charge in [0.05, 0.1) is 5.60 Å². The van der Waals surface area contributed by atoms with Crippen LogP contribution in [0, 0.1) is 5.92 Å². The van der Waals surface area contributed by atoms with Gasteiger partial charge in [-0.05, 0) is 37.8 Å². The number of anilines is 1. The van der Waals surface area contributed by atoms with Gasteiger partial charge in [0.2, 0.25) is 0 Å². The van der Waals surface area contributed by atoms with Crippen molar-refractivity contribution in [1.82, 2.24) is 19.8 Å². The molecular formula is C18H29N5O. The second-order valence-corrected chi connectivity index (χ2v) is 8.31. The summed E-state index contributed by atoms with van der Waals surface area (Å²) in [4.78, 5) is 0. The predicted molar refractivity (Wildman–Crippen MR) is 95.2 cm³/mol. The molecule has 0 aliphatic heterocycles. The Balaban J connectivity index is 1.75. The van der Waals surface area contributed by atoms with Gasteiger partial charge in [-0.25, -0.2) is 0 Å². The van der Waals surface area contributed by atoms with Crippen LogP contribution in [0.2, 0.25) is 0 Å². The van der Waals surface area contributed by atoms with E-state index >= 15 is 0 Å². The number of hydrogen-bond acceptors (Lipinski definition) is 5. The van der Waals surface area contributed by atoms with Crippen molar-refractivity contribution in [2.45, 2.75) is 70.8 Å². The second kappa shape index (κ2) is 6.31. The van der Waals surface area contributed by atoms with Crippen molar-refractivity contribution in [2.75, 3.05) is 11.9 Å². The van der Waals surface area contributed by atoms with Crippen molar-refractivity contribution >= 4 is 11.5 Å². The molecule has 2 aromatic heterocycles. The smallest absolute Gasteiger partial charge is 0.178 e. The van der Waals surface area contributed by atoms with Crippen molar-refractivity contribution in [3.8, 4) is 0 Å². The zero-order valence-corrected chi connectivity index (χ0v) is 15.2. The van der Waals surface area contributed by atoms with Gasteiger partial charge >= 0.3 is 0 Å². The highest BCUT2D eigenvalue weighted by Crippen LogP contribution is 2.32. The highest BCUT2D eigenvalue weighted by Gasteiger charge is 2.32. The van der Waals surface area contributed by atoms with Gasteiger partial charge in [-0.3, -0.25) is 0 Å². The van der Waals surface area contributed by atoms with Crippen molar-refractivity contribution < 1.29 is 5.11 Å². The van der Waals surface area contributed by atoms with Gasteiger partial charge in [-0.1, -0.05) is 40.0 Å². The molecule has 1 fully saturated rings. The monoisotopic (exact) mass is 331 g/mol. The van der Waals surface area contributed by atoms with E-state index in [0.29, 0.717) is 12.5 Å². The third-order valence-corrected chi connectivity index (χ3v) is 5.05. The lowest BCUT2D eigenvalue weighted by atomic mass is 9.78. The van der Waals surface area contributed by atoms with Crippen LogP contribution in [-0.4, -0.2) is 37.1 Å². The number of aliphatic hydroxyl groups is 1. The molecule has 2 N–H and O–H groups in total. The van der Waals surface area contributed by atoms with Gasteiger partial charge in [0.1, 0.15) is 5.82 Å². The quantitative estimate of drug-likeness (QED) is 0.900. The topological polar surface area (TPSA) is 75.3 Å². The van der Waals surface area contributed by atoms with E-state index < -0.39 is 5.60 Å². The molecule has 1 atom stereocenters. The molecule has 0 aromatic carbocycles. The molecule has 0 saturated heterocycles. The molecule has 6 heteroatoms. The molecule has 6 nitrogen and oxygen atoms in total. The lowest BCUT2D eigenvalue weighted by molar-refractivity contribution is -0.00452. The van der Waals surface area contributed by atoms with E-state index in [9.17, 15) is 5.11 Å².